The largest absolute Gasteiger partial charge is 0.489 e. The van der Waals surface area contributed by atoms with E-state index in [2.05, 4.69) is 0 Å². The first-order valence-electron chi connectivity index (χ1n) is 6.61. The summed E-state index contributed by atoms with van der Waals surface area (Å²) >= 11 is 0. The molecule has 0 radical (unpaired) electrons. The van der Waals surface area contributed by atoms with E-state index < -0.39 is 7.60 Å². The standard InChI is InChI=1S/C16H19O4P/c1-18-21(17,19-2)13-15-8-10-16(11-9-15)20-12-14-6-4-3-5-7-14/h3-11H,12-13H2,1-2H3. The molecule has 0 aliphatic carbocycles. The first-order valence-corrected chi connectivity index (χ1v) is 8.34. The summed E-state index contributed by atoms with van der Waals surface area (Å²) in [5, 5.41) is 0. The van der Waals surface area contributed by atoms with Crippen LogP contribution in [0, 0.1) is 0 Å². The fourth-order valence-corrected chi connectivity index (χ4v) is 2.92. The van der Waals surface area contributed by atoms with Gasteiger partial charge >= 0.3 is 7.60 Å². The molecule has 0 fully saturated rings. The van der Waals surface area contributed by atoms with Gasteiger partial charge in [-0.3, -0.25) is 4.57 Å². The molecule has 21 heavy (non-hydrogen) atoms. The Morgan fingerprint density at radius 3 is 2.05 bits per heavy atom. The number of ether oxygens (including phenoxy) is 1. The maximum absolute atomic E-state index is 12.0. The molecule has 2 aromatic carbocycles. The molecule has 0 N–H and O–H groups in total. The minimum absolute atomic E-state index is 0.249. The Hall–Kier alpha value is -1.61. The topological polar surface area (TPSA) is 44.8 Å². The Balaban J connectivity index is 1.94. The molecule has 0 heterocycles. The van der Waals surface area contributed by atoms with Crippen LogP contribution < -0.4 is 4.74 Å². The third-order valence-corrected chi connectivity index (χ3v) is 4.97. The highest BCUT2D eigenvalue weighted by Crippen LogP contribution is 2.49. The predicted molar refractivity (Wildman–Crippen MR) is 82.5 cm³/mol. The van der Waals surface area contributed by atoms with Gasteiger partial charge in [0.25, 0.3) is 0 Å². The van der Waals surface area contributed by atoms with Gasteiger partial charge in [-0.25, -0.2) is 0 Å². The summed E-state index contributed by atoms with van der Waals surface area (Å²) in [5.41, 5.74) is 2.00. The number of benzene rings is 2. The number of rotatable bonds is 7. The van der Waals surface area contributed by atoms with Gasteiger partial charge in [-0.15, -0.1) is 0 Å². The minimum atomic E-state index is -3.02. The second-order valence-electron chi connectivity index (χ2n) is 4.55. The van der Waals surface area contributed by atoms with E-state index in [1.807, 2.05) is 54.6 Å². The van der Waals surface area contributed by atoms with Crippen molar-refractivity contribution in [1.29, 1.82) is 0 Å². The summed E-state index contributed by atoms with van der Waals surface area (Å²) in [6, 6.07) is 17.4. The molecule has 0 saturated heterocycles. The van der Waals surface area contributed by atoms with E-state index in [1.54, 1.807) is 0 Å². The van der Waals surface area contributed by atoms with E-state index in [0.29, 0.717) is 6.61 Å². The van der Waals surface area contributed by atoms with E-state index in [-0.39, 0.29) is 6.16 Å². The first kappa shape index (κ1) is 15.8. The van der Waals surface area contributed by atoms with Crippen LogP contribution in [-0.4, -0.2) is 14.2 Å². The van der Waals surface area contributed by atoms with E-state index in [4.69, 9.17) is 13.8 Å². The first-order chi connectivity index (χ1) is 10.1. The summed E-state index contributed by atoms with van der Waals surface area (Å²) in [7, 11) is -0.241. The zero-order chi connectivity index (χ0) is 15.1. The second kappa shape index (κ2) is 7.41. The van der Waals surface area contributed by atoms with E-state index >= 15 is 0 Å². The van der Waals surface area contributed by atoms with Crippen LogP contribution in [0.25, 0.3) is 0 Å². The zero-order valence-corrected chi connectivity index (χ0v) is 13.1. The lowest BCUT2D eigenvalue weighted by Gasteiger charge is -2.13. The smallest absolute Gasteiger partial charge is 0.334 e. The zero-order valence-electron chi connectivity index (χ0n) is 12.2. The van der Waals surface area contributed by atoms with Crippen molar-refractivity contribution in [1.82, 2.24) is 0 Å². The van der Waals surface area contributed by atoms with Gasteiger partial charge in [0.2, 0.25) is 0 Å². The summed E-state index contributed by atoms with van der Waals surface area (Å²) in [6.45, 7) is 0.523. The molecule has 0 saturated carbocycles. The van der Waals surface area contributed by atoms with Crippen molar-refractivity contribution in [2.45, 2.75) is 12.8 Å². The molecule has 0 amide bonds. The highest BCUT2D eigenvalue weighted by Gasteiger charge is 2.21. The average Bonchev–Trinajstić information content (AvgIpc) is 2.55. The van der Waals surface area contributed by atoms with Gasteiger partial charge in [0.15, 0.2) is 0 Å². The maximum Gasteiger partial charge on any atom is 0.334 e. The minimum Gasteiger partial charge on any atom is -0.489 e. The Kier molecular flexibility index (Phi) is 5.57. The molecule has 5 heteroatoms. The summed E-state index contributed by atoms with van der Waals surface area (Å²) in [5.74, 6) is 0.771. The Labute approximate surface area is 125 Å². The predicted octanol–water partition coefficient (Wildman–Crippen LogP) is 4.25. The van der Waals surface area contributed by atoms with Crippen molar-refractivity contribution in [2.75, 3.05) is 14.2 Å². The van der Waals surface area contributed by atoms with Crippen molar-refractivity contribution in [3.05, 3.63) is 65.7 Å². The van der Waals surface area contributed by atoms with Gasteiger partial charge in [-0.05, 0) is 23.3 Å². The number of hydrogen-bond donors (Lipinski definition) is 0. The number of hydrogen-bond acceptors (Lipinski definition) is 4. The summed E-state index contributed by atoms with van der Waals surface area (Å²) in [4.78, 5) is 0. The molecule has 0 aliphatic rings. The van der Waals surface area contributed by atoms with Crippen LogP contribution in [0.3, 0.4) is 0 Å². The fourth-order valence-electron chi connectivity index (χ4n) is 1.86. The molecular formula is C16H19O4P. The normalized spacial score (nSPS) is 11.3. The molecule has 0 bridgehead atoms. The molecule has 4 nitrogen and oxygen atoms in total. The van der Waals surface area contributed by atoms with Crippen LogP contribution in [-0.2, 0) is 26.4 Å². The molecule has 0 unspecified atom stereocenters. The van der Waals surface area contributed by atoms with Gasteiger partial charge in [0, 0.05) is 14.2 Å². The Morgan fingerprint density at radius 1 is 0.857 bits per heavy atom. The lowest BCUT2D eigenvalue weighted by Crippen LogP contribution is -1.96. The van der Waals surface area contributed by atoms with Crippen LogP contribution in [0.5, 0.6) is 5.75 Å². The molecule has 112 valence electrons. The van der Waals surface area contributed by atoms with Crippen LogP contribution in [0.1, 0.15) is 11.1 Å². The molecule has 2 aromatic rings. The Bertz CT molecular complexity index is 587. The van der Waals surface area contributed by atoms with Crippen LogP contribution in [0.15, 0.2) is 54.6 Å². The van der Waals surface area contributed by atoms with Gasteiger partial charge in [-0.1, -0.05) is 42.5 Å². The lowest BCUT2D eigenvalue weighted by atomic mass is 10.2. The van der Waals surface area contributed by atoms with Crippen LogP contribution >= 0.6 is 7.60 Å². The molecule has 0 aliphatic heterocycles. The third kappa shape index (κ3) is 4.71. The van der Waals surface area contributed by atoms with Gasteiger partial charge in [0.05, 0.1) is 6.16 Å². The fraction of sp³-hybridized carbons (Fsp3) is 0.250. The SMILES string of the molecule is COP(=O)(Cc1ccc(OCc2ccccc2)cc1)OC. The Morgan fingerprint density at radius 2 is 1.48 bits per heavy atom. The average molecular weight is 306 g/mol. The van der Waals surface area contributed by atoms with Crippen molar-refractivity contribution in [3.8, 4) is 5.75 Å². The van der Waals surface area contributed by atoms with Crippen molar-refractivity contribution >= 4 is 7.60 Å². The summed E-state index contributed by atoms with van der Waals surface area (Å²) < 4.78 is 27.6. The molecule has 0 atom stereocenters. The highest BCUT2D eigenvalue weighted by molar-refractivity contribution is 7.52. The highest BCUT2D eigenvalue weighted by atomic mass is 31.2. The molecule has 2 rings (SSSR count). The van der Waals surface area contributed by atoms with Gasteiger partial charge in [-0.2, -0.15) is 0 Å². The van der Waals surface area contributed by atoms with Gasteiger partial charge in [0.1, 0.15) is 12.4 Å². The van der Waals surface area contributed by atoms with Crippen molar-refractivity contribution < 1.29 is 18.3 Å². The van der Waals surface area contributed by atoms with Crippen LogP contribution in [0.4, 0.5) is 0 Å². The van der Waals surface area contributed by atoms with Gasteiger partial charge < -0.3 is 13.8 Å². The molecule has 0 spiro atoms. The van der Waals surface area contributed by atoms with Crippen LogP contribution in [0.2, 0.25) is 0 Å². The molecule has 0 aromatic heterocycles. The quantitative estimate of drug-likeness (QED) is 0.717. The third-order valence-electron chi connectivity index (χ3n) is 3.10. The van der Waals surface area contributed by atoms with E-state index in [9.17, 15) is 4.57 Å². The maximum atomic E-state index is 12.0. The van der Waals surface area contributed by atoms with E-state index in [1.165, 1.54) is 14.2 Å². The van der Waals surface area contributed by atoms with Crippen molar-refractivity contribution in [2.24, 2.45) is 0 Å². The molecular weight excluding hydrogens is 287 g/mol. The lowest BCUT2D eigenvalue weighted by molar-refractivity contribution is 0.274. The van der Waals surface area contributed by atoms with E-state index in [0.717, 1.165) is 16.9 Å². The monoisotopic (exact) mass is 306 g/mol. The summed E-state index contributed by atoms with van der Waals surface area (Å²) in [6.07, 6.45) is 0.249. The second-order valence-corrected chi connectivity index (χ2v) is 6.82. The van der Waals surface area contributed by atoms with Crippen molar-refractivity contribution in [3.63, 3.8) is 0 Å².